The van der Waals surface area contributed by atoms with E-state index in [2.05, 4.69) is 10.2 Å². The van der Waals surface area contributed by atoms with Crippen LogP contribution in [0.15, 0.2) is 78.3 Å². The van der Waals surface area contributed by atoms with Crippen molar-refractivity contribution in [3.63, 3.8) is 0 Å². The van der Waals surface area contributed by atoms with Gasteiger partial charge in [0.25, 0.3) is 5.91 Å². The lowest BCUT2D eigenvalue weighted by Gasteiger charge is -2.33. The van der Waals surface area contributed by atoms with E-state index in [0.29, 0.717) is 11.1 Å². The molecule has 132 valence electrons. The topological polar surface area (TPSA) is 35.6 Å². The average Bonchev–Trinajstić information content (AvgIpc) is 2.67. The minimum Gasteiger partial charge on any atom is -0.368 e. The summed E-state index contributed by atoms with van der Waals surface area (Å²) in [7, 11) is 0. The number of rotatable bonds is 2. The fourth-order valence-electron chi connectivity index (χ4n) is 3.30. The Morgan fingerprint density at radius 2 is 1.77 bits per heavy atom. The first kappa shape index (κ1) is 16.5. The number of hydrogen-bond donors (Lipinski definition) is 1. The Bertz CT molecular complexity index is 873. The molecule has 4 rings (SSSR count). The highest BCUT2D eigenvalue weighted by molar-refractivity contribution is 5.99. The van der Waals surface area contributed by atoms with Crippen LogP contribution in [0.1, 0.15) is 5.56 Å². The largest absolute Gasteiger partial charge is 0.368 e. The zero-order valence-corrected chi connectivity index (χ0v) is 14.4. The first-order valence-electron chi connectivity index (χ1n) is 8.76. The number of hydrogen-bond acceptors (Lipinski definition) is 3. The summed E-state index contributed by atoms with van der Waals surface area (Å²) in [5, 5.41) is 3.33. The molecule has 1 saturated heterocycles. The van der Waals surface area contributed by atoms with Gasteiger partial charge in [0.1, 0.15) is 5.82 Å². The maximum atomic E-state index is 14.1. The van der Waals surface area contributed by atoms with Crippen LogP contribution in [-0.4, -0.2) is 41.9 Å². The van der Waals surface area contributed by atoms with Gasteiger partial charge in [-0.1, -0.05) is 30.4 Å². The molecule has 0 radical (unpaired) electrons. The number of nitrogens with one attached hydrogen (secondary N) is 1. The van der Waals surface area contributed by atoms with E-state index in [0.717, 1.165) is 37.6 Å². The fraction of sp³-hybridized carbons (Fsp3) is 0.190. The van der Waals surface area contributed by atoms with Crippen LogP contribution in [0, 0.1) is 5.82 Å². The van der Waals surface area contributed by atoms with Crippen LogP contribution in [0.4, 0.5) is 4.39 Å². The van der Waals surface area contributed by atoms with Crippen LogP contribution >= 0.6 is 0 Å². The van der Waals surface area contributed by atoms with E-state index in [4.69, 9.17) is 0 Å². The molecular formula is C21H20FN3O. The quantitative estimate of drug-likeness (QED) is 0.892. The molecule has 0 atom stereocenters. The van der Waals surface area contributed by atoms with Gasteiger partial charge in [-0.05, 0) is 29.9 Å². The maximum Gasteiger partial charge on any atom is 0.255 e. The van der Waals surface area contributed by atoms with Gasteiger partial charge in [-0.25, -0.2) is 4.39 Å². The van der Waals surface area contributed by atoms with Crippen molar-refractivity contribution >= 4 is 11.5 Å². The Morgan fingerprint density at radius 3 is 2.58 bits per heavy atom. The van der Waals surface area contributed by atoms with Crippen LogP contribution in [0.5, 0.6) is 0 Å². The summed E-state index contributed by atoms with van der Waals surface area (Å²) in [5.41, 5.74) is 2.80. The number of allylic oxidation sites excluding steroid dienone is 6. The third-order valence-corrected chi connectivity index (χ3v) is 4.69. The number of piperazine rings is 1. The molecule has 1 aromatic rings. The molecule has 1 N–H and O–H groups in total. The first-order valence-corrected chi connectivity index (χ1v) is 8.76. The van der Waals surface area contributed by atoms with Crippen molar-refractivity contribution in [2.45, 2.75) is 0 Å². The van der Waals surface area contributed by atoms with E-state index in [1.807, 2.05) is 30.5 Å². The third-order valence-electron chi connectivity index (χ3n) is 4.69. The van der Waals surface area contributed by atoms with Gasteiger partial charge >= 0.3 is 0 Å². The number of halogens is 1. The van der Waals surface area contributed by atoms with Crippen molar-refractivity contribution in [2.24, 2.45) is 0 Å². The summed E-state index contributed by atoms with van der Waals surface area (Å²) in [6.07, 6.45) is 12.8. The van der Waals surface area contributed by atoms with Crippen molar-refractivity contribution in [1.82, 2.24) is 15.1 Å². The van der Waals surface area contributed by atoms with Crippen LogP contribution in [0.3, 0.4) is 0 Å². The van der Waals surface area contributed by atoms with Crippen LogP contribution in [0.2, 0.25) is 0 Å². The summed E-state index contributed by atoms with van der Waals surface area (Å²) >= 11 is 0. The monoisotopic (exact) mass is 349 g/mol. The fourth-order valence-corrected chi connectivity index (χ4v) is 3.30. The molecule has 3 heterocycles. The molecule has 5 heteroatoms. The number of amides is 1. The Kier molecular flexibility index (Phi) is 4.54. The van der Waals surface area contributed by atoms with Gasteiger partial charge in [-0.3, -0.25) is 9.69 Å². The molecule has 3 aliphatic heterocycles. The van der Waals surface area contributed by atoms with E-state index in [9.17, 15) is 9.18 Å². The van der Waals surface area contributed by atoms with Gasteiger partial charge in [0, 0.05) is 49.7 Å². The zero-order valence-electron chi connectivity index (χ0n) is 14.4. The van der Waals surface area contributed by atoms with Crippen molar-refractivity contribution in [2.75, 3.05) is 26.2 Å². The predicted molar refractivity (Wildman–Crippen MR) is 100 cm³/mol. The second-order valence-corrected chi connectivity index (χ2v) is 6.36. The Balaban J connectivity index is 1.67. The van der Waals surface area contributed by atoms with E-state index >= 15 is 0 Å². The summed E-state index contributed by atoms with van der Waals surface area (Å²) in [6, 6.07) is 6.50. The van der Waals surface area contributed by atoms with Crippen LogP contribution in [0.25, 0.3) is 5.57 Å². The van der Waals surface area contributed by atoms with Crippen LogP contribution in [-0.2, 0) is 4.79 Å². The standard InChI is InChI=1S/C21H20FN3O/c22-20-7-2-1-6-19(20)16-4-3-5-17-8-9-18(15-25(17)21(26)14-16)24-12-10-23-11-13-24/h1-9,14-15,23H,10-13H2/b4-3+,16-14+,17-5+. The highest BCUT2D eigenvalue weighted by Crippen LogP contribution is 2.26. The van der Waals surface area contributed by atoms with Gasteiger partial charge in [0.05, 0.1) is 5.70 Å². The number of carbonyl (C=O) groups is 1. The van der Waals surface area contributed by atoms with Crippen molar-refractivity contribution < 1.29 is 9.18 Å². The molecule has 0 saturated carbocycles. The Morgan fingerprint density at radius 1 is 1.00 bits per heavy atom. The summed E-state index contributed by atoms with van der Waals surface area (Å²) in [4.78, 5) is 16.8. The second-order valence-electron chi connectivity index (χ2n) is 6.36. The van der Waals surface area contributed by atoms with Gasteiger partial charge < -0.3 is 10.2 Å². The van der Waals surface area contributed by atoms with Gasteiger partial charge in [-0.2, -0.15) is 0 Å². The molecule has 1 fully saturated rings. The lowest BCUT2D eigenvalue weighted by Crippen LogP contribution is -2.43. The first-order chi connectivity index (χ1) is 12.7. The average molecular weight is 349 g/mol. The lowest BCUT2D eigenvalue weighted by atomic mass is 10.0. The van der Waals surface area contributed by atoms with E-state index in [1.54, 1.807) is 29.2 Å². The second kappa shape index (κ2) is 7.14. The SMILES string of the molecule is O=C1\C=C(c2ccccc2F)/C=C/C=C2\C=CC(N3CCNCC3)=CN12. The van der Waals surface area contributed by atoms with E-state index in [1.165, 1.54) is 12.1 Å². The van der Waals surface area contributed by atoms with Gasteiger partial charge in [0.2, 0.25) is 0 Å². The van der Waals surface area contributed by atoms with Gasteiger partial charge in [0.15, 0.2) is 0 Å². The zero-order chi connectivity index (χ0) is 17.9. The molecule has 1 amide bonds. The lowest BCUT2D eigenvalue weighted by molar-refractivity contribution is -0.122. The summed E-state index contributed by atoms with van der Waals surface area (Å²) < 4.78 is 14.1. The highest BCUT2D eigenvalue weighted by atomic mass is 19.1. The molecule has 4 nitrogen and oxygen atoms in total. The molecular weight excluding hydrogens is 329 g/mol. The predicted octanol–water partition coefficient (Wildman–Crippen LogP) is 2.81. The smallest absolute Gasteiger partial charge is 0.255 e. The molecule has 0 spiro atoms. The maximum absolute atomic E-state index is 14.1. The summed E-state index contributed by atoms with van der Waals surface area (Å²) in [5.74, 6) is -0.521. The van der Waals surface area contributed by atoms with E-state index < -0.39 is 0 Å². The van der Waals surface area contributed by atoms with Crippen LogP contribution < -0.4 is 5.32 Å². The number of fused-ring (bicyclic) bond motifs is 1. The minimum absolute atomic E-state index is 0.184. The molecule has 0 bridgehead atoms. The van der Waals surface area contributed by atoms with Crippen molar-refractivity contribution in [3.8, 4) is 0 Å². The molecule has 0 unspecified atom stereocenters. The Hall–Kier alpha value is -2.92. The Labute approximate surface area is 152 Å². The van der Waals surface area contributed by atoms with E-state index in [-0.39, 0.29) is 11.7 Å². The van der Waals surface area contributed by atoms with Crippen molar-refractivity contribution in [1.29, 1.82) is 0 Å². The van der Waals surface area contributed by atoms with Crippen molar-refractivity contribution in [3.05, 3.63) is 89.7 Å². The molecule has 3 aliphatic rings. The third kappa shape index (κ3) is 3.26. The van der Waals surface area contributed by atoms with Gasteiger partial charge in [-0.15, -0.1) is 0 Å². The number of benzene rings is 1. The number of nitrogens with zero attached hydrogens (tertiary/aromatic N) is 2. The summed E-state index contributed by atoms with van der Waals surface area (Å²) in [6.45, 7) is 3.69. The minimum atomic E-state index is -0.337. The molecule has 0 aromatic heterocycles. The molecule has 1 aromatic carbocycles. The highest BCUT2D eigenvalue weighted by Gasteiger charge is 2.21. The molecule has 26 heavy (non-hydrogen) atoms. The normalized spacial score (nSPS) is 25.3. The number of carbonyl (C=O) groups excluding carboxylic acids is 1. The molecule has 0 aliphatic carbocycles.